The van der Waals surface area contributed by atoms with Gasteiger partial charge in [0.2, 0.25) is 5.91 Å². The Bertz CT molecular complexity index is 561. The van der Waals surface area contributed by atoms with E-state index in [1.807, 2.05) is 25.1 Å². The van der Waals surface area contributed by atoms with Gasteiger partial charge in [0.05, 0.1) is 6.42 Å². The van der Waals surface area contributed by atoms with Gasteiger partial charge in [-0.2, -0.15) is 0 Å². The van der Waals surface area contributed by atoms with Crippen molar-refractivity contribution in [2.75, 3.05) is 6.54 Å². The third-order valence-electron chi connectivity index (χ3n) is 3.32. The van der Waals surface area contributed by atoms with Crippen molar-refractivity contribution in [3.05, 3.63) is 48.0 Å². The van der Waals surface area contributed by atoms with Crippen LogP contribution in [0.25, 0.3) is 10.8 Å². The van der Waals surface area contributed by atoms with Crippen LogP contribution < -0.4 is 11.1 Å². The highest BCUT2D eigenvalue weighted by atomic mass is 16.1. The lowest BCUT2D eigenvalue weighted by Gasteiger charge is -2.14. The second kappa shape index (κ2) is 6.34. The number of hydrogen-bond donors (Lipinski definition) is 2. The van der Waals surface area contributed by atoms with Crippen LogP contribution in [0.2, 0.25) is 0 Å². The average Bonchev–Trinajstić information content (AvgIpc) is 2.44. The summed E-state index contributed by atoms with van der Waals surface area (Å²) in [5, 5.41) is 5.31. The van der Waals surface area contributed by atoms with Crippen molar-refractivity contribution in [3.8, 4) is 0 Å². The van der Waals surface area contributed by atoms with Crippen LogP contribution in [-0.2, 0) is 11.2 Å². The Morgan fingerprint density at radius 1 is 1.21 bits per heavy atom. The minimum atomic E-state index is 0.0348. The van der Waals surface area contributed by atoms with E-state index in [0.29, 0.717) is 13.0 Å². The number of fused-ring (bicyclic) bond motifs is 1. The molecule has 0 saturated carbocycles. The van der Waals surface area contributed by atoms with E-state index in [9.17, 15) is 4.79 Å². The second-order valence-electron chi connectivity index (χ2n) is 4.77. The first-order valence-electron chi connectivity index (χ1n) is 6.70. The van der Waals surface area contributed by atoms with Gasteiger partial charge in [0, 0.05) is 12.6 Å². The number of benzene rings is 2. The molecule has 1 atom stereocenters. The number of carbonyl (C=O) groups excluding carboxylic acids is 1. The zero-order chi connectivity index (χ0) is 13.7. The highest BCUT2D eigenvalue weighted by Crippen LogP contribution is 2.15. The molecule has 3 heteroatoms. The van der Waals surface area contributed by atoms with Crippen molar-refractivity contribution in [2.24, 2.45) is 5.73 Å². The van der Waals surface area contributed by atoms with E-state index in [-0.39, 0.29) is 11.9 Å². The highest BCUT2D eigenvalue weighted by Gasteiger charge is 2.09. The molecule has 2 aromatic rings. The van der Waals surface area contributed by atoms with E-state index in [1.165, 1.54) is 10.8 Å². The quantitative estimate of drug-likeness (QED) is 0.862. The first kappa shape index (κ1) is 13.6. The SMILES string of the molecule is CCC(CN)NC(=O)Cc1ccc2ccccc2c1. The molecular weight excluding hydrogens is 236 g/mol. The van der Waals surface area contributed by atoms with Gasteiger partial charge < -0.3 is 11.1 Å². The smallest absolute Gasteiger partial charge is 0.224 e. The van der Waals surface area contributed by atoms with E-state index in [2.05, 4.69) is 29.6 Å². The normalized spacial score (nSPS) is 12.3. The molecule has 0 radical (unpaired) electrons. The predicted molar refractivity (Wildman–Crippen MR) is 78.9 cm³/mol. The van der Waals surface area contributed by atoms with E-state index in [4.69, 9.17) is 5.73 Å². The molecule has 0 aliphatic rings. The van der Waals surface area contributed by atoms with Crippen molar-refractivity contribution in [1.82, 2.24) is 5.32 Å². The molecule has 0 fully saturated rings. The van der Waals surface area contributed by atoms with E-state index in [1.54, 1.807) is 0 Å². The minimum absolute atomic E-state index is 0.0348. The maximum absolute atomic E-state index is 11.9. The summed E-state index contributed by atoms with van der Waals surface area (Å²) in [5.41, 5.74) is 6.62. The Morgan fingerprint density at radius 3 is 2.63 bits per heavy atom. The third kappa shape index (κ3) is 3.55. The molecule has 0 bridgehead atoms. The lowest BCUT2D eigenvalue weighted by molar-refractivity contribution is -0.121. The fourth-order valence-corrected chi connectivity index (χ4v) is 2.14. The largest absolute Gasteiger partial charge is 0.352 e. The number of amides is 1. The molecule has 1 amide bonds. The molecule has 0 saturated heterocycles. The summed E-state index contributed by atoms with van der Waals surface area (Å²) in [5.74, 6) is 0.0348. The van der Waals surface area contributed by atoms with E-state index < -0.39 is 0 Å². The van der Waals surface area contributed by atoms with Gasteiger partial charge in [-0.05, 0) is 22.8 Å². The summed E-state index contributed by atoms with van der Waals surface area (Å²) in [6.07, 6.45) is 1.27. The molecule has 0 heterocycles. The second-order valence-corrected chi connectivity index (χ2v) is 4.77. The van der Waals surface area contributed by atoms with Gasteiger partial charge in [-0.15, -0.1) is 0 Å². The zero-order valence-electron chi connectivity index (χ0n) is 11.2. The Morgan fingerprint density at radius 2 is 1.95 bits per heavy atom. The molecule has 100 valence electrons. The summed E-state index contributed by atoms with van der Waals surface area (Å²) in [4.78, 5) is 11.9. The van der Waals surface area contributed by atoms with Crippen LogP contribution >= 0.6 is 0 Å². The van der Waals surface area contributed by atoms with Crippen LogP contribution in [0.4, 0.5) is 0 Å². The van der Waals surface area contributed by atoms with Gasteiger partial charge in [-0.25, -0.2) is 0 Å². The van der Waals surface area contributed by atoms with Gasteiger partial charge in [0.15, 0.2) is 0 Å². The van der Waals surface area contributed by atoms with Crippen molar-refractivity contribution >= 4 is 16.7 Å². The van der Waals surface area contributed by atoms with Crippen LogP contribution in [0.15, 0.2) is 42.5 Å². The molecule has 1 unspecified atom stereocenters. The van der Waals surface area contributed by atoms with Crippen LogP contribution in [0.3, 0.4) is 0 Å². The molecule has 0 aromatic heterocycles. The summed E-state index contributed by atoms with van der Waals surface area (Å²) in [6.45, 7) is 2.51. The summed E-state index contributed by atoms with van der Waals surface area (Å²) in [7, 11) is 0. The van der Waals surface area contributed by atoms with Crippen molar-refractivity contribution in [3.63, 3.8) is 0 Å². The van der Waals surface area contributed by atoms with Gasteiger partial charge in [-0.1, -0.05) is 49.4 Å². The van der Waals surface area contributed by atoms with Crippen LogP contribution in [0, 0.1) is 0 Å². The van der Waals surface area contributed by atoms with E-state index >= 15 is 0 Å². The molecule has 2 rings (SSSR count). The number of rotatable bonds is 5. The molecule has 2 aromatic carbocycles. The van der Waals surface area contributed by atoms with Crippen molar-refractivity contribution in [2.45, 2.75) is 25.8 Å². The Labute approximate surface area is 113 Å². The molecule has 0 spiro atoms. The molecule has 0 aliphatic heterocycles. The van der Waals surface area contributed by atoms with Crippen molar-refractivity contribution < 1.29 is 4.79 Å². The maximum Gasteiger partial charge on any atom is 0.224 e. The number of nitrogens with one attached hydrogen (secondary N) is 1. The summed E-state index contributed by atoms with van der Waals surface area (Å²) < 4.78 is 0. The Balaban J connectivity index is 2.06. The number of nitrogens with two attached hydrogens (primary N) is 1. The molecule has 19 heavy (non-hydrogen) atoms. The minimum Gasteiger partial charge on any atom is -0.352 e. The first-order chi connectivity index (χ1) is 9.22. The van der Waals surface area contributed by atoms with Crippen LogP contribution in [-0.4, -0.2) is 18.5 Å². The topological polar surface area (TPSA) is 55.1 Å². The molecular formula is C16H20N2O. The van der Waals surface area contributed by atoms with Gasteiger partial charge in [0.1, 0.15) is 0 Å². The molecule has 3 nitrogen and oxygen atoms in total. The van der Waals surface area contributed by atoms with Gasteiger partial charge in [0.25, 0.3) is 0 Å². The fraction of sp³-hybridized carbons (Fsp3) is 0.312. The molecule has 0 aliphatic carbocycles. The molecule has 3 N–H and O–H groups in total. The van der Waals surface area contributed by atoms with E-state index in [0.717, 1.165) is 12.0 Å². The first-order valence-corrected chi connectivity index (χ1v) is 6.70. The van der Waals surface area contributed by atoms with Crippen molar-refractivity contribution in [1.29, 1.82) is 0 Å². The Kier molecular flexibility index (Phi) is 4.53. The zero-order valence-corrected chi connectivity index (χ0v) is 11.2. The monoisotopic (exact) mass is 256 g/mol. The Hall–Kier alpha value is -1.87. The van der Waals surface area contributed by atoms with Gasteiger partial charge in [-0.3, -0.25) is 4.79 Å². The fourth-order valence-electron chi connectivity index (χ4n) is 2.14. The number of carbonyl (C=O) groups is 1. The maximum atomic E-state index is 11.9. The lowest BCUT2D eigenvalue weighted by atomic mass is 10.0. The summed E-state index contributed by atoms with van der Waals surface area (Å²) in [6, 6.07) is 14.4. The van der Waals surface area contributed by atoms with Gasteiger partial charge >= 0.3 is 0 Å². The lowest BCUT2D eigenvalue weighted by Crippen LogP contribution is -2.40. The highest BCUT2D eigenvalue weighted by molar-refractivity contribution is 5.85. The third-order valence-corrected chi connectivity index (χ3v) is 3.32. The summed E-state index contributed by atoms with van der Waals surface area (Å²) >= 11 is 0. The standard InChI is InChI=1S/C16H20N2O/c1-2-15(11-17)18-16(19)10-12-7-8-13-5-3-4-6-14(13)9-12/h3-9,15H,2,10-11,17H2,1H3,(H,18,19). The average molecular weight is 256 g/mol. The number of hydrogen-bond acceptors (Lipinski definition) is 2. The van der Waals surface area contributed by atoms with Crippen LogP contribution in [0.5, 0.6) is 0 Å². The van der Waals surface area contributed by atoms with Crippen LogP contribution in [0.1, 0.15) is 18.9 Å². The predicted octanol–water partition coefficient (Wildman–Crippen LogP) is 2.24.